The number of esters is 1. The third kappa shape index (κ3) is 4.45. The van der Waals surface area contributed by atoms with E-state index in [4.69, 9.17) is 15.5 Å². The predicted molar refractivity (Wildman–Crippen MR) is 142 cm³/mol. The fourth-order valence-corrected chi connectivity index (χ4v) is 4.93. The number of rotatable bonds is 6. The Labute approximate surface area is 218 Å². The molecule has 0 saturated carbocycles. The van der Waals surface area contributed by atoms with E-state index in [-0.39, 0.29) is 30.3 Å². The molecule has 5 heterocycles. The summed E-state index contributed by atoms with van der Waals surface area (Å²) in [7, 11) is 1.25. The molecule has 1 unspecified atom stereocenters. The number of anilines is 1. The number of aromatic nitrogens is 6. The van der Waals surface area contributed by atoms with Gasteiger partial charge in [0.25, 0.3) is 5.56 Å². The third-order valence-corrected chi connectivity index (χ3v) is 6.83. The van der Waals surface area contributed by atoms with Gasteiger partial charge in [-0.3, -0.25) is 23.3 Å². The Balaban J connectivity index is 1.75. The predicted octanol–water partition coefficient (Wildman–Crippen LogP) is 0.488. The Kier molecular flexibility index (Phi) is 6.77. The van der Waals surface area contributed by atoms with Gasteiger partial charge in [0.2, 0.25) is 5.95 Å². The van der Waals surface area contributed by atoms with Crippen LogP contribution in [0.5, 0.6) is 0 Å². The van der Waals surface area contributed by atoms with Crippen molar-refractivity contribution in [1.82, 2.24) is 28.1 Å². The molecule has 198 valence electrons. The lowest BCUT2D eigenvalue weighted by Gasteiger charge is -2.31. The summed E-state index contributed by atoms with van der Waals surface area (Å²) in [6, 6.07) is 5.65. The molecular weight excluding hydrogens is 488 g/mol. The number of fused-ring (bicyclic) bond motifs is 2. The summed E-state index contributed by atoms with van der Waals surface area (Å²) in [5.74, 6) is 5.74. The summed E-state index contributed by atoms with van der Waals surface area (Å²) < 4.78 is 10.7. The van der Waals surface area contributed by atoms with Crippen LogP contribution in [0.1, 0.15) is 31.2 Å². The van der Waals surface area contributed by atoms with Crippen molar-refractivity contribution >= 4 is 28.7 Å². The van der Waals surface area contributed by atoms with Gasteiger partial charge in [0.15, 0.2) is 11.2 Å². The first kappa shape index (κ1) is 25.3. The summed E-state index contributed by atoms with van der Waals surface area (Å²) in [6.07, 6.45) is 3.56. The fourth-order valence-electron chi connectivity index (χ4n) is 4.93. The summed E-state index contributed by atoms with van der Waals surface area (Å²) in [4.78, 5) is 51.3. The molecule has 0 bridgehead atoms. The SMILES string of the molecule is CC#CCn1c(N2CCCC(N)C2)nc2c1c(=O)n(Cc1cn3c(C)cccc3n1)c(=O)n2CC(=O)OC. The molecule has 0 amide bonds. The van der Waals surface area contributed by atoms with Crippen LogP contribution >= 0.6 is 0 Å². The Morgan fingerprint density at radius 3 is 2.74 bits per heavy atom. The maximum absolute atomic E-state index is 13.9. The fraction of sp³-hybridized carbons (Fsp3) is 0.423. The van der Waals surface area contributed by atoms with Gasteiger partial charge in [-0.1, -0.05) is 12.0 Å². The Bertz CT molecular complexity index is 1710. The molecule has 2 N–H and O–H groups in total. The lowest BCUT2D eigenvalue weighted by molar-refractivity contribution is -0.141. The van der Waals surface area contributed by atoms with Crippen molar-refractivity contribution < 1.29 is 9.53 Å². The van der Waals surface area contributed by atoms with Crippen LogP contribution in [0.15, 0.2) is 34.0 Å². The van der Waals surface area contributed by atoms with Gasteiger partial charge in [-0.05, 0) is 38.8 Å². The highest BCUT2D eigenvalue weighted by Gasteiger charge is 2.27. The average molecular weight is 519 g/mol. The molecular formula is C26H30N8O4. The van der Waals surface area contributed by atoms with Gasteiger partial charge in [-0.15, -0.1) is 5.92 Å². The quantitative estimate of drug-likeness (QED) is 0.288. The zero-order valence-electron chi connectivity index (χ0n) is 21.7. The van der Waals surface area contributed by atoms with E-state index in [1.54, 1.807) is 17.7 Å². The van der Waals surface area contributed by atoms with Gasteiger partial charge >= 0.3 is 11.7 Å². The van der Waals surface area contributed by atoms with E-state index in [0.717, 1.165) is 23.1 Å². The van der Waals surface area contributed by atoms with Crippen LogP contribution in [-0.2, 0) is 29.2 Å². The number of carbonyl (C=O) groups is 1. The van der Waals surface area contributed by atoms with E-state index in [2.05, 4.69) is 16.8 Å². The van der Waals surface area contributed by atoms with E-state index in [1.165, 1.54) is 11.7 Å². The number of piperidine rings is 1. The van der Waals surface area contributed by atoms with Crippen LogP contribution < -0.4 is 21.9 Å². The van der Waals surface area contributed by atoms with Crippen LogP contribution in [0.3, 0.4) is 0 Å². The first-order valence-corrected chi connectivity index (χ1v) is 12.5. The Morgan fingerprint density at radius 1 is 1.21 bits per heavy atom. The highest BCUT2D eigenvalue weighted by molar-refractivity contribution is 5.77. The van der Waals surface area contributed by atoms with Gasteiger partial charge in [-0.25, -0.2) is 9.78 Å². The standard InChI is InChI=1S/C26H30N8O4/c1-4-5-12-31-22-23(29-25(31)30-11-7-9-18(27)13-30)33(16-21(35)38-3)26(37)34(24(22)36)15-19-14-32-17(2)8-6-10-20(32)28-19/h6,8,10,14,18H,7,9,11-13,15-16,27H2,1-3H3. The molecule has 1 saturated heterocycles. The number of nitrogens with zero attached hydrogens (tertiary/aromatic N) is 7. The minimum absolute atomic E-state index is 0.0401. The molecule has 4 aromatic rings. The summed E-state index contributed by atoms with van der Waals surface area (Å²) in [6.45, 7) is 4.63. The summed E-state index contributed by atoms with van der Waals surface area (Å²) in [5.41, 5.74) is 7.53. The number of hydrogen-bond acceptors (Lipinski definition) is 8. The smallest absolute Gasteiger partial charge is 0.333 e. The van der Waals surface area contributed by atoms with Crippen molar-refractivity contribution in [2.75, 3.05) is 25.1 Å². The highest BCUT2D eigenvalue weighted by Crippen LogP contribution is 2.23. The number of aryl methyl sites for hydroxylation is 1. The average Bonchev–Trinajstić information content (AvgIpc) is 3.50. The molecule has 4 aromatic heterocycles. The normalized spacial score (nSPS) is 15.6. The first-order valence-electron chi connectivity index (χ1n) is 12.5. The number of pyridine rings is 1. The minimum atomic E-state index is -0.671. The Morgan fingerprint density at radius 2 is 2.03 bits per heavy atom. The second-order valence-electron chi connectivity index (χ2n) is 9.41. The summed E-state index contributed by atoms with van der Waals surface area (Å²) >= 11 is 0. The molecule has 0 radical (unpaired) electrons. The zero-order valence-corrected chi connectivity index (χ0v) is 21.7. The van der Waals surface area contributed by atoms with E-state index < -0.39 is 23.8 Å². The molecule has 0 aromatic carbocycles. The minimum Gasteiger partial charge on any atom is -0.468 e. The molecule has 12 nitrogen and oxygen atoms in total. The number of carbonyl (C=O) groups excluding carboxylic acids is 1. The van der Waals surface area contributed by atoms with Crippen molar-refractivity contribution in [3.8, 4) is 11.8 Å². The maximum Gasteiger partial charge on any atom is 0.333 e. The molecule has 38 heavy (non-hydrogen) atoms. The van der Waals surface area contributed by atoms with Crippen molar-refractivity contribution in [3.05, 3.63) is 56.6 Å². The van der Waals surface area contributed by atoms with E-state index >= 15 is 0 Å². The molecule has 1 atom stereocenters. The topological polar surface area (TPSA) is 135 Å². The van der Waals surface area contributed by atoms with Gasteiger partial charge < -0.3 is 19.8 Å². The number of methoxy groups -OCH3 is 1. The van der Waals surface area contributed by atoms with E-state index in [1.807, 2.05) is 34.4 Å². The van der Waals surface area contributed by atoms with Gasteiger partial charge in [0, 0.05) is 31.0 Å². The van der Waals surface area contributed by atoms with Crippen LogP contribution in [-0.4, -0.2) is 60.3 Å². The molecule has 1 aliphatic rings. The molecule has 0 spiro atoms. The van der Waals surface area contributed by atoms with Crippen LogP contribution in [0, 0.1) is 18.8 Å². The maximum atomic E-state index is 13.9. The largest absolute Gasteiger partial charge is 0.468 e. The molecule has 5 rings (SSSR count). The Hall–Kier alpha value is -4.37. The van der Waals surface area contributed by atoms with Gasteiger partial charge in [-0.2, -0.15) is 4.98 Å². The zero-order chi connectivity index (χ0) is 27.0. The van der Waals surface area contributed by atoms with E-state index in [0.29, 0.717) is 30.4 Å². The molecule has 12 heteroatoms. The molecule has 0 aliphatic carbocycles. The molecule has 1 fully saturated rings. The van der Waals surface area contributed by atoms with E-state index in [9.17, 15) is 14.4 Å². The second-order valence-corrected chi connectivity index (χ2v) is 9.41. The van der Waals surface area contributed by atoms with Crippen LogP contribution in [0.25, 0.3) is 16.8 Å². The van der Waals surface area contributed by atoms with Crippen LogP contribution in [0.4, 0.5) is 5.95 Å². The van der Waals surface area contributed by atoms with Gasteiger partial charge in [0.1, 0.15) is 12.2 Å². The summed E-state index contributed by atoms with van der Waals surface area (Å²) in [5, 5.41) is 0. The lowest BCUT2D eigenvalue weighted by atomic mass is 10.1. The highest BCUT2D eigenvalue weighted by atomic mass is 16.5. The number of hydrogen-bond donors (Lipinski definition) is 1. The van der Waals surface area contributed by atoms with Crippen molar-refractivity contribution in [3.63, 3.8) is 0 Å². The van der Waals surface area contributed by atoms with Crippen molar-refractivity contribution in [1.29, 1.82) is 0 Å². The monoisotopic (exact) mass is 518 g/mol. The molecule has 1 aliphatic heterocycles. The third-order valence-electron chi connectivity index (χ3n) is 6.83. The van der Waals surface area contributed by atoms with Gasteiger partial charge in [0.05, 0.1) is 25.9 Å². The first-order chi connectivity index (χ1) is 18.3. The van der Waals surface area contributed by atoms with Crippen molar-refractivity contribution in [2.24, 2.45) is 5.73 Å². The second kappa shape index (κ2) is 10.2. The number of ether oxygens (including phenoxy) is 1. The number of imidazole rings is 2. The number of nitrogens with two attached hydrogens (primary N) is 1. The van der Waals surface area contributed by atoms with Crippen molar-refractivity contribution in [2.45, 2.75) is 52.4 Å². The van der Waals surface area contributed by atoms with Crippen LogP contribution in [0.2, 0.25) is 0 Å². The lowest BCUT2D eigenvalue weighted by Crippen LogP contribution is -2.44.